The van der Waals surface area contributed by atoms with Gasteiger partial charge in [0, 0.05) is 3.57 Å². The molecule has 1 N–H and O–H groups in total. The number of hydrogen-bond acceptors (Lipinski definition) is 6. The Morgan fingerprint density at radius 2 is 1.92 bits per heavy atom. The van der Waals surface area contributed by atoms with Crippen LogP contribution in [-0.4, -0.2) is 24.2 Å². The van der Waals surface area contributed by atoms with E-state index < -0.39 is 17.1 Å². The summed E-state index contributed by atoms with van der Waals surface area (Å²) in [6.07, 6.45) is 1.57. The number of hydrogen-bond donors (Lipinski definition) is 1. The number of halogens is 1. The van der Waals surface area contributed by atoms with E-state index >= 15 is 0 Å². The summed E-state index contributed by atoms with van der Waals surface area (Å²) in [5, 5.41) is 1.79. The van der Waals surface area contributed by atoms with Crippen LogP contribution in [0.25, 0.3) is 6.08 Å². The van der Waals surface area contributed by atoms with Crippen molar-refractivity contribution in [1.29, 1.82) is 0 Å². The number of rotatable bonds is 4. The lowest BCUT2D eigenvalue weighted by Crippen LogP contribution is -2.17. The third kappa shape index (κ3) is 4.07. The lowest BCUT2D eigenvalue weighted by atomic mass is 10.2. The van der Waals surface area contributed by atoms with Crippen LogP contribution >= 0.6 is 34.4 Å². The van der Waals surface area contributed by atoms with E-state index in [2.05, 4.69) is 27.9 Å². The first-order chi connectivity index (χ1) is 12.5. The molecule has 1 fully saturated rings. The Morgan fingerprint density at radius 1 is 1.15 bits per heavy atom. The molecule has 2 amide bonds. The molecule has 0 aromatic heterocycles. The molecule has 0 radical (unpaired) electrons. The summed E-state index contributed by atoms with van der Waals surface area (Å²) in [7, 11) is 1.45. The number of thioether (sulfide) groups is 1. The molecule has 8 heteroatoms. The van der Waals surface area contributed by atoms with Crippen molar-refractivity contribution >= 4 is 57.5 Å². The maximum absolute atomic E-state index is 12.4. The van der Waals surface area contributed by atoms with Crippen molar-refractivity contribution in [2.45, 2.75) is 0 Å². The third-order valence-corrected chi connectivity index (χ3v) is 5.18. The zero-order valence-electron chi connectivity index (χ0n) is 13.4. The first-order valence-electron chi connectivity index (χ1n) is 7.37. The van der Waals surface area contributed by atoms with E-state index in [0.717, 1.165) is 15.3 Å². The smallest absolute Gasteiger partial charge is 0.344 e. The molecule has 2 aromatic carbocycles. The van der Waals surface area contributed by atoms with Gasteiger partial charge in [0.15, 0.2) is 11.5 Å². The molecule has 0 bridgehead atoms. The highest BCUT2D eigenvalue weighted by atomic mass is 127. The van der Waals surface area contributed by atoms with Crippen molar-refractivity contribution < 1.29 is 23.9 Å². The Labute approximate surface area is 167 Å². The quantitative estimate of drug-likeness (QED) is 0.310. The number of carbonyl (C=O) groups is 3. The van der Waals surface area contributed by atoms with Crippen LogP contribution in [0, 0.1) is 3.57 Å². The van der Waals surface area contributed by atoms with Gasteiger partial charge < -0.3 is 9.47 Å². The maximum atomic E-state index is 12.4. The Hall–Kier alpha value is -2.33. The van der Waals surface area contributed by atoms with Crippen molar-refractivity contribution in [2.24, 2.45) is 0 Å². The van der Waals surface area contributed by atoms with Gasteiger partial charge in [0.05, 0.1) is 17.6 Å². The third-order valence-electron chi connectivity index (χ3n) is 3.42. The summed E-state index contributed by atoms with van der Waals surface area (Å²) in [4.78, 5) is 35.5. The fourth-order valence-corrected chi connectivity index (χ4v) is 3.50. The molecule has 0 aliphatic carbocycles. The summed E-state index contributed by atoms with van der Waals surface area (Å²) in [6.45, 7) is 0. The summed E-state index contributed by atoms with van der Waals surface area (Å²) in [6, 6.07) is 12.0. The number of carbonyl (C=O) groups excluding carboxylic acids is 3. The molecule has 1 aliphatic rings. The number of nitrogens with one attached hydrogen (secondary N) is 1. The highest BCUT2D eigenvalue weighted by molar-refractivity contribution is 14.1. The molecule has 0 spiro atoms. The normalized spacial score (nSPS) is 15.1. The second kappa shape index (κ2) is 7.92. The molecular weight excluding hydrogens is 469 g/mol. The molecule has 1 aliphatic heterocycles. The minimum absolute atomic E-state index is 0.263. The zero-order chi connectivity index (χ0) is 18.7. The van der Waals surface area contributed by atoms with Crippen LogP contribution < -0.4 is 14.8 Å². The monoisotopic (exact) mass is 481 g/mol. The largest absolute Gasteiger partial charge is 0.493 e. The molecule has 0 saturated carbocycles. The Balaban J connectivity index is 1.85. The van der Waals surface area contributed by atoms with Crippen LogP contribution in [-0.2, 0) is 4.79 Å². The lowest BCUT2D eigenvalue weighted by Gasteiger charge is -2.11. The SMILES string of the molecule is COc1cc(C=C2SC(=O)NC2=O)ccc1OC(=O)c1ccccc1I. The fourth-order valence-electron chi connectivity index (χ4n) is 2.21. The maximum Gasteiger partial charge on any atom is 0.344 e. The molecule has 2 aromatic rings. The standard InChI is InChI=1S/C18H12INO5S/c1-24-14-8-10(9-15-16(21)20-18(23)26-15)6-7-13(14)25-17(22)11-4-2-3-5-12(11)19/h2-9H,1H3,(H,20,21,23). The molecule has 132 valence electrons. The van der Waals surface area contributed by atoms with E-state index in [-0.39, 0.29) is 5.75 Å². The Kier molecular flexibility index (Phi) is 5.62. The number of methoxy groups -OCH3 is 1. The van der Waals surface area contributed by atoms with Crippen LogP contribution in [0.15, 0.2) is 47.4 Å². The summed E-state index contributed by atoms with van der Waals surface area (Å²) >= 11 is 2.90. The van der Waals surface area contributed by atoms with Gasteiger partial charge in [-0.15, -0.1) is 0 Å². The number of ether oxygens (including phenoxy) is 2. The van der Waals surface area contributed by atoms with E-state index in [9.17, 15) is 14.4 Å². The minimum atomic E-state index is -0.490. The predicted molar refractivity (Wildman–Crippen MR) is 106 cm³/mol. The van der Waals surface area contributed by atoms with E-state index in [1.807, 2.05) is 12.1 Å². The molecule has 1 saturated heterocycles. The van der Waals surface area contributed by atoms with Gasteiger partial charge in [0.1, 0.15) is 0 Å². The topological polar surface area (TPSA) is 81.7 Å². The highest BCUT2D eigenvalue weighted by Gasteiger charge is 2.25. The van der Waals surface area contributed by atoms with Gasteiger partial charge in [-0.2, -0.15) is 0 Å². The summed E-state index contributed by atoms with van der Waals surface area (Å²) in [5.74, 6) is -0.323. The van der Waals surface area contributed by atoms with E-state index in [0.29, 0.717) is 21.8 Å². The second-order valence-electron chi connectivity index (χ2n) is 5.13. The van der Waals surface area contributed by atoms with Crippen molar-refractivity contribution in [3.8, 4) is 11.5 Å². The van der Waals surface area contributed by atoms with E-state index in [4.69, 9.17) is 9.47 Å². The highest BCUT2D eigenvalue weighted by Crippen LogP contribution is 2.32. The van der Waals surface area contributed by atoms with Crippen molar-refractivity contribution in [3.63, 3.8) is 0 Å². The van der Waals surface area contributed by atoms with Gasteiger partial charge >= 0.3 is 5.97 Å². The van der Waals surface area contributed by atoms with Crippen molar-refractivity contribution in [1.82, 2.24) is 5.32 Å². The van der Waals surface area contributed by atoms with Crippen molar-refractivity contribution in [3.05, 3.63) is 62.1 Å². The average Bonchev–Trinajstić information content (AvgIpc) is 2.93. The second-order valence-corrected chi connectivity index (χ2v) is 7.31. The van der Waals surface area contributed by atoms with Gasteiger partial charge in [-0.25, -0.2) is 4.79 Å². The van der Waals surface area contributed by atoms with Gasteiger partial charge in [0.25, 0.3) is 11.1 Å². The van der Waals surface area contributed by atoms with Gasteiger partial charge in [-0.1, -0.05) is 18.2 Å². The first-order valence-corrected chi connectivity index (χ1v) is 9.27. The Bertz CT molecular complexity index is 941. The molecular formula is C18H12INO5S. The number of benzene rings is 2. The van der Waals surface area contributed by atoms with E-state index in [1.54, 1.807) is 36.4 Å². The molecule has 6 nitrogen and oxygen atoms in total. The van der Waals surface area contributed by atoms with Crippen LogP contribution in [0.4, 0.5) is 4.79 Å². The Morgan fingerprint density at radius 3 is 2.58 bits per heavy atom. The number of amides is 2. The van der Waals surface area contributed by atoms with Gasteiger partial charge in [-0.3, -0.25) is 14.9 Å². The van der Waals surface area contributed by atoms with Crippen LogP contribution in [0.5, 0.6) is 11.5 Å². The van der Waals surface area contributed by atoms with E-state index in [1.165, 1.54) is 7.11 Å². The number of esters is 1. The first kappa shape index (κ1) is 18.5. The molecule has 0 unspecified atom stereocenters. The number of imide groups is 1. The molecule has 3 rings (SSSR count). The summed E-state index contributed by atoms with van der Waals surface area (Å²) < 4.78 is 11.5. The average molecular weight is 481 g/mol. The van der Waals surface area contributed by atoms with Gasteiger partial charge in [0.2, 0.25) is 0 Å². The molecule has 1 heterocycles. The van der Waals surface area contributed by atoms with Crippen LogP contribution in [0.3, 0.4) is 0 Å². The lowest BCUT2D eigenvalue weighted by molar-refractivity contribution is -0.115. The van der Waals surface area contributed by atoms with Crippen LogP contribution in [0.2, 0.25) is 0 Å². The molecule has 0 atom stereocenters. The minimum Gasteiger partial charge on any atom is -0.493 e. The molecule has 26 heavy (non-hydrogen) atoms. The fraction of sp³-hybridized carbons (Fsp3) is 0.0556. The predicted octanol–water partition coefficient (Wildman–Crippen LogP) is 3.84. The summed E-state index contributed by atoms with van der Waals surface area (Å²) in [5.41, 5.74) is 1.10. The zero-order valence-corrected chi connectivity index (χ0v) is 16.4. The van der Waals surface area contributed by atoms with Gasteiger partial charge in [-0.05, 0) is 70.3 Å². The van der Waals surface area contributed by atoms with Crippen LogP contribution in [0.1, 0.15) is 15.9 Å². The van der Waals surface area contributed by atoms with Crippen molar-refractivity contribution in [2.75, 3.05) is 7.11 Å².